The molecule has 0 saturated heterocycles. The van der Waals surface area contributed by atoms with E-state index in [1.807, 2.05) is 50.2 Å². The Labute approximate surface area is 142 Å². The van der Waals surface area contributed by atoms with Crippen LogP contribution in [-0.4, -0.2) is 31.3 Å². The molecule has 2 atom stereocenters. The standard InChI is InChI=1S/C18H25N3O3/c1-13(10-16(22)17-8-5-9-24-17)20-18(23)19-12-14-6-4-7-15(11-14)21(2)3/h4-9,11,13,16,22H,10,12H2,1-3H3,(H2,19,20,23). The van der Waals surface area contributed by atoms with Gasteiger partial charge in [0.15, 0.2) is 0 Å². The minimum Gasteiger partial charge on any atom is -0.467 e. The molecule has 3 N–H and O–H groups in total. The molecule has 1 heterocycles. The summed E-state index contributed by atoms with van der Waals surface area (Å²) in [5.74, 6) is 0.504. The summed E-state index contributed by atoms with van der Waals surface area (Å²) in [7, 11) is 3.95. The van der Waals surface area contributed by atoms with Crippen LogP contribution < -0.4 is 15.5 Å². The van der Waals surface area contributed by atoms with Gasteiger partial charge < -0.3 is 25.1 Å². The zero-order valence-electron chi connectivity index (χ0n) is 14.3. The van der Waals surface area contributed by atoms with Gasteiger partial charge in [-0.15, -0.1) is 0 Å². The molecule has 0 bridgehead atoms. The van der Waals surface area contributed by atoms with Gasteiger partial charge in [0.05, 0.1) is 6.26 Å². The largest absolute Gasteiger partial charge is 0.467 e. The molecule has 2 aromatic rings. The lowest BCUT2D eigenvalue weighted by Crippen LogP contribution is -2.41. The Bertz CT molecular complexity index is 641. The smallest absolute Gasteiger partial charge is 0.315 e. The van der Waals surface area contributed by atoms with Gasteiger partial charge in [-0.05, 0) is 36.8 Å². The van der Waals surface area contributed by atoms with Crippen molar-refractivity contribution in [3.8, 4) is 0 Å². The third-order valence-corrected chi connectivity index (χ3v) is 3.71. The summed E-state index contributed by atoms with van der Waals surface area (Å²) in [6, 6.07) is 11.0. The molecular formula is C18H25N3O3. The van der Waals surface area contributed by atoms with Crippen molar-refractivity contribution in [2.45, 2.75) is 32.0 Å². The van der Waals surface area contributed by atoms with E-state index < -0.39 is 6.10 Å². The molecule has 0 spiro atoms. The van der Waals surface area contributed by atoms with Gasteiger partial charge in [-0.2, -0.15) is 0 Å². The van der Waals surface area contributed by atoms with Crippen LogP contribution in [0.15, 0.2) is 47.1 Å². The van der Waals surface area contributed by atoms with Crippen molar-refractivity contribution in [3.63, 3.8) is 0 Å². The van der Waals surface area contributed by atoms with Gasteiger partial charge in [-0.1, -0.05) is 12.1 Å². The monoisotopic (exact) mass is 331 g/mol. The third-order valence-electron chi connectivity index (χ3n) is 3.71. The maximum absolute atomic E-state index is 12.0. The number of hydrogen-bond donors (Lipinski definition) is 3. The van der Waals surface area contributed by atoms with E-state index in [1.165, 1.54) is 6.26 Å². The Balaban J connectivity index is 1.77. The fourth-order valence-corrected chi connectivity index (χ4v) is 2.39. The van der Waals surface area contributed by atoms with Crippen molar-refractivity contribution in [2.24, 2.45) is 0 Å². The number of rotatable bonds is 7. The number of urea groups is 1. The predicted molar refractivity (Wildman–Crippen MR) is 93.9 cm³/mol. The second kappa shape index (κ2) is 8.40. The number of amides is 2. The van der Waals surface area contributed by atoms with E-state index >= 15 is 0 Å². The van der Waals surface area contributed by atoms with Crippen molar-refractivity contribution < 1.29 is 14.3 Å². The zero-order valence-corrected chi connectivity index (χ0v) is 14.3. The molecule has 0 aliphatic heterocycles. The number of furan rings is 1. The summed E-state index contributed by atoms with van der Waals surface area (Å²) in [6.07, 6.45) is 1.18. The van der Waals surface area contributed by atoms with E-state index in [2.05, 4.69) is 10.6 Å². The number of anilines is 1. The minimum atomic E-state index is -0.730. The Morgan fingerprint density at radius 2 is 2.08 bits per heavy atom. The van der Waals surface area contributed by atoms with E-state index in [1.54, 1.807) is 12.1 Å². The first kappa shape index (κ1) is 17.9. The summed E-state index contributed by atoms with van der Waals surface area (Å²) in [6.45, 7) is 2.29. The van der Waals surface area contributed by atoms with E-state index in [9.17, 15) is 9.90 Å². The lowest BCUT2D eigenvalue weighted by Gasteiger charge is -2.17. The molecule has 0 saturated carbocycles. The quantitative estimate of drug-likeness (QED) is 0.729. The maximum atomic E-state index is 12.0. The summed E-state index contributed by atoms with van der Waals surface area (Å²) in [5.41, 5.74) is 2.12. The number of aliphatic hydroxyl groups excluding tert-OH is 1. The van der Waals surface area contributed by atoms with E-state index in [0.717, 1.165) is 11.3 Å². The molecule has 1 aromatic heterocycles. The van der Waals surface area contributed by atoms with Crippen LogP contribution in [0.2, 0.25) is 0 Å². The molecular weight excluding hydrogens is 306 g/mol. The number of carbonyl (C=O) groups is 1. The molecule has 0 aliphatic rings. The van der Waals surface area contributed by atoms with Crippen molar-refractivity contribution in [2.75, 3.05) is 19.0 Å². The molecule has 130 valence electrons. The summed E-state index contributed by atoms with van der Waals surface area (Å²) < 4.78 is 5.15. The number of nitrogens with zero attached hydrogens (tertiary/aromatic N) is 1. The lowest BCUT2D eigenvalue weighted by molar-refractivity contribution is 0.129. The molecule has 0 aliphatic carbocycles. The molecule has 2 amide bonds. The van der Waals surface area contributed by atoms with Gasteiger partial charge in [0.1, 0.15) is 11.9 Å². The number of hydrogen-bond acceptors (Lipinski definition) is 4. The van der Waals surface area contributed by atoms with Crippen LogP contribution in [0.3, 0.4) is 0 Å². The van der Waals surface area contributed by atoms with Crippen LogP contribution >= 0.6 is 0 Å². The highest BCUT2D eigenvalue weighted by atomic mass is 16.4. The highest BCUT2D eigenvalue weighted by molar-refractivity contribution is 5.74. The Hall–Kier alpha value is -2.47. The average molecular weight is 331 g/mol. The molecule has 0 fully saturated rings. The molecule has 1 aromatic carbocycles. The molecule has 6 heteroatoms. The molecule has 2 rings (SSSR count). The minimum absolute atomic E-state index is 0.182. The van der Waals surface area contributed by atoms with Crippen LogP contribution in [0.25, 0.3) is 0 Å². The Morgan fingerprint density at radius 3 is 2.75 bits per heavy atom. The van der Waals surface area contributed by atoms with Crippen LogP contribution in [0, 0.1) is 0 Å². The van der Waals surface area contributed by atoms with E-state index in [-0.39, 0.29) is 12.1 Å². The van der Waals surface area contributed by atoms with Gasteiger partial charge in [0.25, 0.3) is 0 Å². The van der Waals surface area contributed by atoms with Crippen molar-refractivity contribution in [1.82, 2.24) is 10.6 Å². The van der Waals surface area contributed by atoms with E-state index in [4.69, 9.17) is 4.42 Å². The van der Waals surface area contributed by atoms with Crippen LogP contribution in [0.5, 0.6) is 0 Å². The molecule has 24 heavy (non-hydrogen) atoms. The highest BCUT2D eigenvalue weighted by Gasteiger charge is 2.16. The van der Waals surface area contributed by atoms with E-state index in [0.29, 0.717) is 18.7 Å². The fourth-order valence-electron chi connectivity index (χ4n) is 2.39. The molecule has 2 unspecified atom stereocenters. The summed E-state index contributed by atoms with van der Waals surface area (Å²) >= 11 is 0. The van der Waals surface area contributed by atoms with Crippen molar-refractivity contribution >= 4 is 11.7 Å². The topological polar surface area (TPSA) is 77.7 Å². The second-order valence-electron chi connectivity index (χ2n) is 6.06. The first-order valence-corrected chi connectivity index (χ1v) is 7.98. The average Bonchev–Trinajstić information content (AvgIpc) is 3.07. The van der Waals surface area contributed by atoms with Gasteiger partial charge in [-0.25, -0.2) is 4.79 Å². The second-order valence-corrected chi connectivity index (χ2v) is 6.06. The SMILES string of the molecule is CC(CC(O)c1ccco1)NC(=O)NCc1cccc(N(C)C)c1. The number of carbonyl (C=O) groups excluding carboxylic acids is 1. The third kappa shape index (κ3) is 5.31. The van der Waals surface area contributed by atoms with Gasteiger partial charge in [-0.3, -0.25) is 0 Å². The molecule has 0 radical (unpaired) electrons. The van der Waals surface area contributed by atoms with Crippen LogP contribution in [-0.2, 0) is 6.54 Å². The van der Waals surface area contributed by atoms with Crippen molar-refractivity contribution in [1.29, 1.82) is 0 Å². The van der Waals surface area contributed by atoms with Crippen LogP contribution in [0.4, 0.5) is 10.5 Å². The summed E-state index contributed by atoms with van der Waals surface area (Å²) in [4.78, 5) is 14.0. The lowest BCUT2D eigenvalue weighted by atomic mass is 10.1. The zero-order chi connectivity index (χ0) is 17.5. The summed E-state index contributed by atoms with van der Waals surface area (Å²) in [5, 5.41) is 15.7. The first-order chi connectivity index (χ1) is 11.5. The first-order valence-electron chi connectivity index (χ1n) is 7.98. The number of benzene rings is 1. The fraction of sp³-hybridized carbons (Fsp3) is 0.389. The van der Waals surface area contributed by atoms with Gasteiger partial charge in [0.2, 0.25) is 0 Å². The van der Waals surface area contributed by atoms with Gasteiger partial charge in [0, 0.05) is 38.8 Å². The highest BCUT2D eigenvalue weighted by Crippen LogP contribution is 2.18. The van der Waals surface area contributed by atoms with Crippen LogP contribution in [0.1, 0.15) is 30.8 Å². The Morgan fingerprint density at radius 1 is 1.29 bits per heavy atom. The number of nitrogens with one attached hydrogen (secondary N) is 2. The number of aliphatic hydroxyl groups is 1. The van der Waals surface area contributed by atoms with Crippen molar-refractivity contribution in [3.05, 3.63) is 54.0 Å². The predicted octanol–water partition coefficient (Wildman–Crippen LogP) is 2.66. The normalized spacial score (nSPS) is 13.2. The maximum Gasteiger partial charge on any atom is 0.315 e. The Kier molecular flexibility index (Phi) is 6.26. The van der Waals surface area contributed by atoms with Gasteiger partial charge >= 0.3 is 6.03 Å². The molecule has 6 nitrogen and oxygen atoms in total.